The van der Waals surface area contributed by atoms with Gasteiger partial charge >= 0.3 is 0 Å². The van der Waals surface area contributed by atoms with Crippen LogP contribution in [-0.2, 0) is 11.3 Å². The fourth-order valence-corrected chi connectivity index (χ4v) is 9.23. The molecule has 0 aromatic heterocycles. The van der Waals surface area contributed by atoms with Crippen LogP contribution in [0.5, 0.6) is 11.5 Å². The first-order chi connectivity index (χ1) is 21.4. The van der Waals surface area contributed by atoms with Crippen LogP contribution < -0.4 is 9.47 Å². The molecule has 248 valence electrons. The molecule has 0 unspecified atom stereocenters. The zero-order valence-corrected chi connectivity index (χ0v) is 28.1. The molecule has 1 amide bonds. The number of nitrogens with zero attached hydrogens (tertiary/aromatic N) is 1. The van der Waals surface area contributed by atoms with Crippen LogP contribution in [0.3, 0.4) is 0 Å². The molecule has 7 heteroatoms. The number of rotatable bonds is 10. The highest BCUT2D eigenvalue weighted by molar-refractivity contribution is 5.87. The van der Waals surface area contributed by atoms with Crippen LogP contribution in [0.1, 0.15) is 98.0 Å². The van der Waals surface area contributed by atoms with Gasteiger partial charge in [-0.05, 0) is 118 Å². The van der Waals surface area contributed by atoms with Gasteiger partial charge in [-0.15, -0.1) is 0 Å². The van der Waals surface area contributed by atoms with E-state index in [4.69, 9.17) is 9.47 Å². The highest BCUT2D eigenvalue weighted by Crippen LogP contribution is 2.60. The second kappa shape index (κ2) is 13.6. The summed E-state index contributed by atoms with van der Waals surface area (Å²) in [5, 5.41) is 31.7. The average molecular weight is 622 g/mol. The van der Waals surface area contributed by atoms with Gasteiger partial charge in [0.05, 0.1) is 25.4 Å². The van der Waals surface area contributed by atoms with E-state index in [1.165, 1.54) is 12.0 Å². The molecule has 4 fully saturated rings. The summed E-state index contributed by atoms with van der Waals surface area (Å²) >= 11 is 0. The Hall–Kier alpha value is -2.61. The summed E-state index contributed by atoms with van der Waals surface area (Å²) in [6.07, 6.45) is 11.1. The van der Waals surface area contributed by atoms with E-state index in [0.717, 1.165) is 60.3 Å². The molecule has 8 atom stereocenters. The number of carbonyl (C=O) groups is 1. The van der Waals surface area contributed by atoms with Crippen molar-refractivity contribution in [3.63, 3.8) is 0 Å². The molecular weight excluding hydrogens is 566 g/mol. The Balaban J connectivity index is 1.32. The van der Waals surface area contributed by atoms with Crippen molar-refractivity contribution in [2.24, 2.45) is 23.2 Å². The van der Waals surface area contributed by atoms with Crippen molar-refractivity contribution in [3.05, 3.63) is 59.2 Å². The number of aliphatic hydroxyl groups excluding tert-OH is 2. The van der Waals surface area contributed by atoms with Crippen molar-refractivity contribution in [3.8, 4) is 11.5 Å². The first-order valence-corrected chi connectivity index (χ1v) is 17.2. The SMILES string of the molecule is C=C1/C(=C\C=C2/CCC[C@]3(C)[C@@H]([C@H](C)C[C@H]4C[C@](C)(O)C(=O)N4Cc4cc(OCC)cc(OCC)c4)CC[C@@H]23)C[C@@H](O)C[C@@H]1O. The lowest BCUT2D eigenvalue weighted by atomic mass is 9.60. The van der Waals surface area contributed by atoms with E-state index in [2.05, 4.69) is 32.6 Å². The molecule has 1 heterocycles. The molecule has 1 aliphatic heterocycles. The molecule has 0 bridgehead atoms. The molecule has 1 saturated heterocycles. The van der Waals surface area contributed by atoms with Gasteiger partial charge in [-0.25, -0.2) is 0 Å². The maximum Gasteiger partial charge on any atom is 0.254 e. The van der Waals surface area contributed by atoms with E-state index < -0.39 is 17.8 Å². The Kier molecular flexibility index (Phi) is 10.2. The molecule has 1 aromatic rings. The fraction of sp³-hybridized carbons (Fsp3) is 0.658. The van der Waals surface area contributed by atoms with Crippen LogP contribution in [-0.4, -0.2) is 63.2 Å². The second-order valence-electron chi connectivity index (χ2n) is 14.6. The molecule has 3 N–H and O–H groups in total. The van der Waals surface area contributed by atoms with Gasteiger partial charge in [0.15, 0.2) is 0 Å². The number of ether oxygens (including phenoxy) is 2. The molecule has 4 aliphatic rings. The molecule has 7 nitrogen and oxygen atoms in total. The van der Waals surface area contributed by atoms with Crippen LogP contribution in [0.4, 0.5) is 0 Å². The maximum absolute atomic E-state index is 13.5. The van der Waals surface area contributed by atoms with E-state index in [-0.39, 0.29) is 17.4 Å². The molecule has 3 saturated carbocycles. The van der Waals surface area contributed by atoms with E-state index in [9.17, 15) is 20.1 Å². The summed E-state index contributed by atoms with van der Waals surface area (Å²) in [4.78, 5) is 15.4. The van der Waals surface area contributed by atoms with E-state index in [1.54, 1.807) is 6.92 Å². The Bertz CT molecular complexity index is 1290. The first-order valence-electron chi connectivity index (χ1n) is 17.2. The number of hydrogen-bond acceptors (Lipinski definition) is 6. The van der Waals surface area contributed by atoms with Gasteiger partial charge in [0.1, 0.15) is 17.1 Å². The van der Waals surface area contributed by atoms with Crippen molar-refractivity contribution in [1.29, 1.82) is 0 Å². The van der Waals surface area contributed by atoms with Gasteiger partial charge in [0.2, 0.25) is 0 Å². The van der Waals surface area contributed by atoms with E-state index >= 15 is 0 Å². The van der Waals surface area contributed by atoms with Gasteiger partial charge in [-0.2, -0.15) is 0 Å². The summed E-state index contributed by atoms with van der Waals surface area (Å²) < 4.78 is 11.6. The van der Waals surface area contributed by atoms with Crippen molar-refractivity contribution in [2.45, 2.75) is 123 Å². The number of fused-ring (bicyclic) bond motifs is 1. The fourth-order valence-electron chi connectivity index (χ4n) is 9.23. The molecular formula is C38H55NO6. The smallest absolute Gasteiger partial charge is 0.254 e. The van der Waals surface area contributed by atoms with Crippen molar-refractivity contribution >= 4 is 5.91 Å². The maximum atomic E-state index is 13.5. The van der Waals surface area contributed by atoms with Crippen molar-refractivity contribution in [1.82, 2.24) is 4.90 Å². The number of allylic oxidation sites excluding steroid dienone is 3. The summed E-state index contributed by atoms with van der Waals surface area (Å²) in [5.41, 5.74) is 2.93. The minimum atomic E-state index is -1.37. The van der Waals surface area contributed by atoms with E-state index in [0.29, 0.717) is 56.8 Å². The average Bonchev–Trinajstić information content (AvgIpc) is 3.43. The third-order valence-corrected chi connectivity index (χ3v) is 11.3. The third-order valence-electron chi connectivity index (χ3n) is 11.3. The van der Waals surface area contributed by atoms with Crippen molar-refractivity contribution in [2.75, 3.05) is 13.2 Å². The summed E-state index contributed by atoms with van der Waals surface area (Å²) in [7, 11) is 0. The summed E-state index contributed by atoms with van der Waals surface area (Å²) in [6, 6.07) is 5.79. The lowest BCUT2D eigenvalue weighted by molar-refractivity contribution is -0.142. The Morgan fingerprint density at radius 3 is 2.44 bits per heavy atom. The van der Waals surface area contributed by atoms with Gasteiger partial charge < -0.3 is 29.7 Å². The minimum Gasteiger partial charge on any atom is -0.494 e. The van der Waals surface area contributed by atoms with E-state index in [1.807, 2.05) is 36.9 Å². The number of likely N-dealkylation sites (tertiary alicyclic amines) is 1. The number of aliphatic hydroxyl groups is 3. The zero-order valence-electron chi connectivity index (χ0n) is 28.1. The Morgan fingerprint density at radius 2 is 1.78 bits per heavy atom. The van der Waals surface area contributed by atoms with Gasteiger partial charge in [-0.1, -0.05) is 38.2 Å². The highest BCUT2D eigenvalue weighted by atomic mass is 16.5. The number of benzene rings is 1. The van der Waals surface area contributed by atoms with Crippen LogP contribution in [0.15, 0.2) is 53.6 Å². The van der Waals surface area contributed by atoms with Crippen LogP contribution in [0, 0.1) is 23.2 Å². The van der Waals surface area contributed by atoms with Crippen molar-refractivity contribution < 1.29 is 29.6 Å². The number of carbonyl (C=O) groups excluding carboxylic acids is 1. The van der Waals surface area contributed by atoms with Crippen LogP contribution in [0.2, 0.25) is 0 Å². The predicted octanol–water partition coefficient (Wildman–Crippen LogP) is 6.50. The summed E-state index contributed by atoms with van der Waals surface area (Å²) in [5.74, 6) is 2.67. The Morgan fingerprint density at radius 1 is 1.09 bits per heavy atom. The molecule has 45 heavy (non-hydrogen) atoms. The lowest BCUT2D eigenvalue weighted by Gasteiger charge is -2.45. The molecule has 1 aromatic carbocycles. The lowest BCUT2D eigenvalue weighted by Crippen LogP contribution is -2.40. The largest absolute Gasteiger partial charge is 0.494 e. The predicted molar refractivity (Wildman–Crippen MR) is 177 cm³/mol. The zero-order chi connectivity index (χ0) is 32.5. The molecule has 5 rings (SSSR count). The van der Waals surface area contributed by atoms with Gasteiger partial charge in [-0.3, -0.25) is 4.79 Å². The third kappa shape index (κ3) is 7.06. The quantitative estimate of drug-likeness (QED) is 0.276. The standard InChI is InChI=1S/C38H55NO6/c1-7-44-31-17-26(18-32(21-31)45-8-2)23-39-29(22-38(6,43)36(39)42)16-24(3)33-13-14-34-27(10-9-15-37(33,34)5)11-12-28-19-30(40)20-35(41)25(28)4/h11-12,17-18,21,24,29-30,33-35,40-41,43H,4,7-10,13-16,19-20,22-23H2,1-3,5-6H3/b27-11+,28-12-/t24-,29+,30-,33-,34+,35+,37-,38+/m1/s1. The molecule has 0 radical (unpaired) electrons. The topological polar surface area (TPSA) is 99.5 Å². The summed E-state index contributed by atoms with van der Waals surface area (Å²) in [6.45, 7) is 16.0. The number of amides is 1. The molecule has 3 aliphatic carbocycles. The molecule has 0 spiro atoms. The minimum absolute atomic E-state index is 0.0463. The monoisotopic (exact) mass is 621 g/mol. The van der Waals surface area contributed by atoms with Gasteiger partial charge in [0, 0.05) is 31.5 Å². The second-order valence-corrected chi connectivity index (χ2v) is 14.6. The first kappa shape index (κ1) is 33.7. The number of hydrogen-bond donors (Lipinski definition) is 3. The van der Waals surface area contributed by atoms with Crippen LogP contribution >= 0.6 is 0 Å². The van der Waals surface area contributed by atoms with Gasteiger partial charge in [0.25, 0.3) is 5.91 Å². The van der Waals surface area contributed by atoms with Crippen LogP contribution in [0.25, 0.3) is 0 Å². The highest BCUT2D eigenvalue weighted by Gasteiger charge is 2.53. The normalized spacial score (nSPS) is 36.1. The Labute approximate surface area is 270 Å².